The number of likely N-dealkylation sites (N-methyl/N-ethyl adjacent to an activating group) is 1. The summed E-state index contributed by atoms with van der Waals surface area (Å²) in [6, 6.07) is 13.5. The first-order valence-electron chi connectivity index (χ1n) is 7.04. The molecule has 0 aliphatic heterocycles. The van der Waals surface area contributed by atoms with Crippen molar-refractivity contribution in [2.45, 2.75) is 12.5 Å². The van der Waals surface area contributed by atoms with Crippen LogP contribution in [0.15, 0.2) is 48.5 Å². The van der Waals surface area contributed by atoms with Gasteiger partial charge in [-0.25, -0.2) is 0 Å². The maximum Gasteiger partial charge on any atom is 0.257 e. The van der Waals surface area contributed by atoms with E-state index >= 15 is 0 Å². The molecule has 0 unspecified atom stereocenters. The standard InChI is InChI=1S/C17H17ClN2O3/c1-19-15(21)10-11-6-2-5-9-14(11)20-17(23)16(22)12-7-3-4-8-13(12)18/h2-9,16,22H,10H2,1H3,(H,19,21)(H,20,23)/t16-/m1/s1. The molecule has 0 aromatic heterocycles. The minimum absolute atomic E-state index is 0.134. The van der Waals surface area contributed by atoms with Crippen LogP contribution in [-0.2, 0) is 16.0 Å². The number of rotatable bonds is 5. The van der Waals surface area contributed by atoms with Crippen LogP contribution in [0.1, 0.15) is 17.2 Å². The zero-order valence-corrected chi connectivity index (χ0v) is 13.3. The average molecular weight is 333 g/mol. The molecule has 5 nitrogen and oxygen atoms in total. The van der Waals surface area contributed by atoms with Gasteiger partial charge in [0.05, 0.1) is 6.42 Å². The van der Waals surface area contributed by atoms with Crippen molar-refractivity contribution >= 4 is 29.1 Å². The molecule has 3 N–H and O–H groups in total. The summed E-state index contributed by atoms with van der Waals surface area (Å²) >= 11 is 5.99. The minimum Gasteiger partial charge on any atom is -0.378 e. The number of benzene rings is 2. The molecule has 6 heteroatoms. The third-order valence-electron chi connectivity index (χ3n) is 3.35. The van der Waals surface area contributed by atoms with Gasteiger partial charge in [-0.1, -0.05) is 48.0 Å². The van der Waals surface area contributed by atoms with Crippen LogP contribution in [0.4, 0.5) is 5.69 Å². The normalized spacial score (nSPS) is 11.6. The number of amides is 2. The fourth-order valence-electron chi connectivity index (χ4n) is 2.10. The van der Waals surface area contributed by atoms with E-state index in [-0.39, 0.29) is 12.3 Å². The average Bonchev–Trinajstić information content (AvgIpc) is 2.56. The predicted octanol–water partition coefficient (Wildman–Crippen LogP) is 2.30. The van der Waals surface area contributed by atoms with Gasteiger partial charge in [-0.05, 0) is 17.7 Å². The number of nitrogens with one attached hydrogen (secondary N) is 2. The highest BCUT2D eigenvalue weighted by atomic mass is 35.5. The van der Waals surface area contributed by atoms with E-state index in [4.69, 9.17) is 11.6 Å². The van der Waals surface area contributed by atoms with Gasteiger partial charge in [0.2, 0.25) is 5.91 Å². The van der Waals surface area contributed by atoms with Gasteiger partial charge in [0.1, 0.15) is 0 Å². The molecule has 0 aliphatic rings. The van der Waals surface area contributed by atoms with Crippen molar-refractivity contribution in [2.75, 3.05) is 12.4 Å². The number of hydrogen-bond donors (Lipinski definition) is 3. The number of halogens is 1. The second kappa shape index (κ2) is 7.76. The maximum atomic E-state index is 12.3. The highest BCUT2D eigenvalue weighted by molar-refractivity contribution is 6.31. The fraction of sp³-hybridized carbons (Fsp3) is 0.176. The number of aliphatic hydroxyl groups excluding tert-OH is 1. The van der Waals surface area contributed by atoms with E-state index in [2.05, 4.69) is 10.6 Å². The molecular formula is C17H17ClN2O3. The van der Waals surface area contributed by atoms with Gasteiger partial charge < -0.3 is 15.7 Å². The zero-order valence-electron chi connectivity index (χ0n) is 12.5. The van der Waals surface area contributed by atoms with E-state index in [1.807, 2.05) is 0 Å². The first-order valence-corrected chi connectivity index (χ1v) is 7.42. The van der Waals surface area contributed by atoms with E-state index < -0.39 is 12.0 Å². The Morgan fingerprint density at radius 1 is 1.13 bits per heavy atom. The topological polar surface area (TPSA) is 78.4 Å². The lowest BCUT2D eigenvalue weighted by molar-refractivity contribution is -0.124. The van der Waals surface area contributed by atoms with Crippen LogP contribution < -0.4 is 10.6 Å². The summed E-state index contributed by atoms with van der Waals surface area (Å²) in [6.45, 7) is 0. The van der Waals surface area contributed by atoms with Crippen LogP contribution in [0.3, 0.4) is 0 Å². The van der Waals surface area contributed by atoms with Gasteiger partial charge >= 0.3 is 0 Å². The van der Waals surface area contributed by atoms with Crippen LogP contribution >= 0.6 is 11.6 Å². The fourth-order valence-corrected chi connectivity index (χ4v) is 2.34. The Kier molecular flexibility index (Phi) is 5.73. The predicted molar refractivity (Wildman–Crippen MR) is 89.3 cm³/mol. The van der Waals surface area contributed by atoms with Crippen molar-refractivity contribution in [2.24, 2.45) is 0 Å². The van der Waals surface area contributed by atoms with Gasteiger partial charge in [0.25, 0.3) is 5.91 Å². The lowest BCUT2D eigenvalue weighted by atomic mass is 10.1. The van der Waals surface area contributed by atoms with Crippen LogP contribution in [0.25, 0.3) is 0 Å². The monoisotopic (exact) mass is 332 g/mol. The molecule has 0 saturated carbocycles. The van der Waals surface area contributed by atoms with Crippen LogP contribution in [0.2, 0.25) is 5.02 Å². The largest absolute Gasteiger partial charge is 0.378 e. The summed E-state index contributed by atoms with van der Waals surface area (Å²) in [5.74, 6) is -0.777. The Morgan fingerprint density at radius 2 is 1.78 bits per heavy atom. The summed E-state index contributed by atoms with van der Waals surface area (Å²) in [5.41, 5.74) is 1.47. The first kappa shape index (κ1) is 17.0. The molecule has 120 valence electrons. The molecule has 0 radical (unpaired) electrons. The number of hydrogen-bond acceptors (Lipinski definition) is 3. The summed E-state index contributed by atoms with van der Waals surface area (Å²) in [6.07, 6.45) is -1.26. The van der Waals surface area contributed by atoms with Gasteiger partial charge in [-0.15, -0.1) is 0 Å². The molecule has 2 rings (SSSR count). The lowest BCUT2D eigenvalue weighted by Crippen LogP contribution is -2.24. The van der Waals surface area contributed by atoms with Crippen molar-refractivity contribution in [3.8, 4) is 0 Å². The summed E-state index contributed by atoms with van der Waals surface area (Å²) in [5, 5.41) is 15.7. The van der Waals surface area contributed by atoms with Gasteiger partial charge in [0, 0.05) is 23.3 Å². The minimum atomic E-state index is -1.39. The maximum absolute atomic E-state index is 12.3. The summed E-state index contributed by atoms with van der Waals surface area (Å²) in [7, 11) is 1.55. The van der Waals surface area contributed by atoms with E-state index in [0.717, 1.165) is 0 Å². The number of para-hydroxylation sites is 1. The SMILES string of the molecule is CNC(=O)Cc1ccccc1NC(=O)[C@H](O)c1ccccc1Cl. The Labute approximate surface area is 139 Å². The Morgan fingerprint density at radius 3 is 2.48 bits per heavy atom. The van der Waals surface area contributed by atoms with Crippen molar-refractivity contribution in [1.82, 2.24) is 5.32 Å². The Hall–Kier alpha value is -2.37. The van der Waals surface area contributed by atoms with E-state index in [1.165, 1.54) is 0 Å². The summed E-state index contributed by atoms with van der Waals surface area (Å²) < 4.78 is 0. The Balaban J connectivity index is 2.17. The second-order valence-electron chi connectivity index (χ2n) is 4.92. The van der Waals surface area contributed by atoms with Crippen molar-refractivity contribution in [3.63, 3.8) is 0 Å². The molecule has 2 aromatic rings. The molecule has 1 atom stereocenters. The number of aliphatic hydroxyl groups is 1. The molecule has 0 spiro atoms. The van der Waals surface area contributed by atoms with Crippen molar-refractivity contribution in [3.05, 3.63) is 64.7 Å². The second-order valence-corrected chi connectivity index (χ2v) is 5.33. The van der Waals surface area contributed by atoms with Crippen LogP contribution in [0, 0.1) is 0 Å². The third kappa shape index (κ3) is 4.31. The zero-order chi connectivity index (χ0) is 16.8. The van der Waals surface area contributed by atoms with E-state index in [9.17, 15) is 14.7 Å². The quantitative estimate of drug-likeness (QED) is 0.786. The van der Waals surface area contributed by atoms with Crippen LogP contribution in [0.5, 0.6) is 0 Å². The Bertz CT molecular complexity index is 718. The molecule has 0 saturated heterocycles. The summed E-state index contributed by atoms with van der Waals surface area (Å²) in [4.78, 5) is 23.8. The lowest BCUT2D eigenvalue weighted by Gasteiger charge is -2.15. The van der Waals surface area contributed by atoms with Crippen LogP contribution in [-0.4, -0.2) is 24.0 Å². The molecule has 0 heterocycles. The third-order valence-corrected chi connectivity index (χ3v) is 3.70. The molecule has 0 fully saturated rings. The smallest absolute Gasteiger partial charge is 0.257 e. The highest BCUT2D eigenvalue weighted by Crippen LogP contribution is 2.24. The van der Waals surface area contributed by atoms with Crippen molar-refractivity contribution < 1.29 is 14.7 Å². The molecule has 2 aromatic carbocycles. The molecule has 23 heavy (non-hydrogen) atoms. The van der Waals surface area contributed by atoms with Gasteiger partial charge in [0.15, 0.2) is 6.10 Å². The van der Waals surface area contributed by atoms with E-state index in [0.29, 0.717) is 21.8 Å². The molecule has 0 bridgehead atoms. The molecule has 2 amide bonds. The molecule has 0 aliphatic carbocycles. The highest BCUT2D eigenvalue weighted by Gasteiger charge is 2.20. The first-order chi connectivity index (χ1) is 11.0. The number of carbonyl (C=O) groups is 2. The number of anilines is 1. The molecular weight excluding hydrogens is 316 g/mol. The van der Waals surface area contributed by atoms with E-state index in [1.54, 1.807) is 55.6 Å². The van der Waals surface area contributed by atoms with Gasteiger partial charge in [-0.3, -0.25) is 9.59 Å². The van der Waals surface area contributed by atoms with Gasteiger partial charge in [-0.2, -0.15) is 0 Å². The number of carbonyl (C=O) groups excluding carboxylic acids is 2. The van der Waals surface area contributed by atoms with Crippen molar-refractivity contribution in [1.29, 1.82) is 0 Å².